The zero-order valence-electron chi connectivity index (χ0n) is 19.6. The van der Waals surface area contributed by atoms with Crippen molar-refractivity contribution in [1.82, 2.24) is 9.80 Å². The number of carbonyl (C=O) groups excluding carboxylic acids is 2. The summed E-state index contributed by atoms with van der Waals surface area (Å²) in [6, 6.07) is 14.9. The van der Waals surface area contributed by atoms with E-state index < -0.39 is 5.38 Å². The van der Waals surface area contributed by atoms with Crippen LogP contribution in [0, 0.1) is 6.92 Å². The van der Waals surface area contributed by atoms with E-state index in [1.165, 1.54) is 18.3 Å². The molecule has 1 unspecified atom stereocenters. The van der Waals surface area contributed by atoms with Gasteiger partial charge in [0.2, 0.25) is 11.8 Å². The second-order valence-electron chi connectivity index (χ2n) is 8.19. The fourth-order valence-corrected chi connectivity index (χ4v) is 3.76. The molecule has 0 aliphatic rings. The van der Waals surface area contributed by atoms with Crippen LogP contribution in [0.15, 0.2) is 64.0 Å². The highest BCUT2D eigenvalue weighted by Gasteiger charge is 2.25. The number of amides is 2. The molecule has 0 spiro atoms. The van der Waals surface area contributed by atoms with Gasteiger partial charge in [-0.3, -0.25) is 14.4 Å². The standard InChI is InChI=1S/C26H29ClN2O5/c1-18-9-10-23-22(13-18)25(31)21(17-34-23)15-29(14-20-7-5-4-6-8-20)24(30)16-28(11-12-33-3)26(32)19(2)27/h4-10,13,17,19H,11-12,14-16H2,1-3H3. The summed E-state index contributed by atoms with van der Waals surface area (Å²) in [5.41, 5.74) is 2.52. The molecule has 3 aromatic rings. The Morgan fingerprint density at radius 2 is 1.82 bits per heavy atom. The number of ether oxygens (including phenoxy) is 1. The van der Waals surface area contributed by atoms with E-state index in [0.29, 0.717) is 16.5 Å². The van der Waals surface area contributed by atoms with Crippen LogP contribution in [0.3, 0.4) is 0 Å². The summed E-state index contributed by atoms with van der Waals surface area (Å²) in [6.07, 6.45) is 1.40. The summed E-state index contributed by atoms with van der Waals surface area (Å²) in [6.45, 7) is 4.11. The van der Waals surface area contributed by atoms with Crippen LogP contribution in [-0.2, 0) is 27.4 Å². The summed E-state index contributed by atoms with van der Waals surface area (Å²) in [5, 5.41) is -0.305. The fourth-order valence-electron chi connectivity index (χ4n) is 3.62. The van der Waals surface area contributed by atoms with Crippen molar-refractivity contribution in [2.24, 2.45) is 0 Å². The van der Waals surface area contributed by atoms with Crippen LogP contribution in [0.5, 0.6) is 0 Å². The van der Waals surface area contributed by atoms with Crippen molar-refractivity contribution < 1.29 is 18.7 Å². The maximum absolute atomic E-state index is 13.4. The number of methoxy groups -OCH3 is 1. The van der Waals surface area contributed by atoms with Gasteiger partial charge in [-0.15, -0.1) is 11.6 Å². The molecule has 7 nitrogen and oxygen atoms in total. The van der Waals surface area contributed by atoms with E-state index in [-0.39, 0.29) is 50.0 Å². The van der Waals surface area contributed by atoms with Crippen molar-refractivity contribution in [3.05, 3.63) is 81.7 Å². The lowest BCUT2D eigenvalue weighted by molar-refractivity contribution is -0.141. The van der Waals surface area contributed by atoms with E-state index in [0.717, 1.165) is 11.1 Å². The lowest BCUT2D eigenvalue weighted by atomic mass is 10.1. The highest BCUT2D eigenvalue weighted by atomic mass is 35.5. The molecule has 0 aliphatic heterocycles. The predicted octanol–water partition coefficient (Wildman–Crippen LogP) is 3.73. The van der Waals surface area contributed by atoms with Crippen LogP contribution < -0.4 is 5.43 Å². The Kier molecular flexibility index (Phi) is 8.85. The second-order valence-corrected chi connectivity index (χ2v) is 8.85. The first-order valence-corrected chi connectivity index (χ1v) is 11.5. The molecule has 2 amide bonds. The van der Waals surface area contributed by atoms with Crippen molar-refractivity contribution in [1.29, 1.82) is 0 Å². The minimum Gasteiger partial charge on any atom is -0.464 e. The van der Waals surface area contributed by atoms with Crippen LogP contribution in [0.25, 0.3) is 11.0 Å². The van der Waals surface area contributed by atoms with Gasteiger partial charge in [0.05, 0.1) is 36.9 Å². The molecule has 3 rings (SSSR count). The van der Waals surface area contributed by atoms with Gasteiger partial charge in [0.25, 0.3) is 0 Å². The van der Waals surface area contributed by atoms with Crippen molar-refractivity contribution in [3.8, 4) is 0 Å². The van der Waals surface area contributed by atoms with E-state index >= 15 is 0 Å². The Morgan fingerprint density at radius 1 is 1.09 bits per heavy atom. The Bertz CT molecular complexity index is 1190. The minimum atomic E-state index is -0.775. The molecular weight excluding hydrogens is 456 g/mol. The van der Waals surface area contributed by atoms with Gasteiger partial charge >= 0.3 is 0 Å². The summed E-state index contributed by atoms with van der Waals surface area (Å²) >= 11 is 6.00. The number of fused-ring (bicyclic) bond motifs is 1. The van der Waals surface area contributed by atoms with Crippen molar-refractivity contribution in [2.75, 3.05) is 26.8 Å². The maximum Gasteiger partial charge on any atom is 0.242 e. The third-order valence-corrected chi connectivity index (χ3v) is 5.66. The van der Waals surface area contributed by atoms with Gasteiger partial charge in [0, 0.05) is 20.2 Å². The summed E-state index contributed by atoms with van der Waals surface area (Å²) in [4.78, 5) is 42.0. The molecule has 0 aliphatic carbocycles. The smallest absolute Gasteiger partial charge is 0.242 e. The highest BCUT2D eigenvalue weighted by Crippen LogP contribution is 2.16. The molecule has 8 heteroatoms. The molecule has 2 aromatic carbocycles. The number of nitrogens with zero attached hydrogens (tertiary/aromatic N) is 2. The second kappa shape index (κ2) is 11.8. The van der Waals surface area contributed by atoms with Gasteiger partial charge in [0.15, 0.2) is 5.43 Å². The number of hydrogen-bond acceptors (Lipinski definition) is 5. The zero-order chi connectivity index (χ0) is 24.7. The van der Waals surface area contributed by atoms with E-state index in [9.17, 15) is 14.4 Å². The SMILES string of the molecule is COCCN(CC(=O)N(Cc1ccccc1)Cc1coc2ccc(C)cc2c1=O)C(=O)C(C)Cl. The third kappa shape index (κ3) is 6.46. The average Bonchev–Trinajstić information content (AvgIpc) is 2.83. The van der Waals surface area contributed by atoms with Gasteiger partial charge in [-0.25, -0.2) is 0 Å². The van der Waals surface area contributed by atoms with E-state index in [1.54, 1.807) is 24.0 Å². The largest absolute Gasteiger partial charge is 0.464 e. The summed E-state index contributed by atoms with van der Waals surface area (Å²) in [5.74, 6) is -0.665. The first-order chi connectivity index (χ1) is 16.3. The molecule has 1 heterocycles. The summed E-state index contributed by atoms with van der Waals surface area (Å²) < 4.78 is 10.8. The predicted molar refractivity (Wildman–Crippen MR) is 132 cm³/mol. The number of alkyl halides is 1. The Labute approximate surface area is 203 Å². The van der Waals surface area contributed by atoms with Crippen molar-refractivity contribution in [3.63, 3.8) is 0 Å². The van der Waals surface area contributed by atoms with Crippen LogP contribution >= 0.6 is 11.6 Å². The Morgan fingerprint density at radius 3 is 2.50 bits per heavy atom. The number of carbonyl (C=O) groups is 2. The zero-order valence-corrected chi connectivity index (χ0v) is 20.4. The van der Waals surface area contributed by atoms with Crippen LogP contribution in [0.4, 0.5) is 0 Å². The van der Waals surface area contributed by atoms with Gasteiger partial charge in [-0.2, -0.15) is 0 Å². The van der Waals surface area contributed by atoms with E-state index in [2.05, 4.69) is 0 Å². The first kappa shape index (κ1) is 25.5. The lowest BCUT2D eigenvalue weighted by Gasteiger charge is -2.28. The topological polar surface area (TPSA) is 80.1 Å². The Hall–Kier alpha value is -3.16. The fraction of sp³-hybridized carbons (Fsp3) is 0.346. The number of benzene rings is 2. The van der Waals surface area contributed by atoms with Crippen molar-refractivity contribution in [2.45, 2.75) is 32.3 Å². The lowest BCUT2D eigenvalue weighted by Crippen LogP contribution is -2.46. The molecule has 1 aromatic heterocycles. The quantitative estimate of drug-likeness (QED) is 0.410. The van der Waals surface area contributed by atoms with Gasteiger partial charge < -0.3 is 19.0 Å². The molecule has 0 N–H and O–H groups in total. The third-order valence-electron chi connectivity index (χ3n) is 5.47. The summed E-state index contributed by atoms with van der Waals surface area (Å²) in [7, 11) is 1.52. The normalized spacial score (nSPS) is 11.9. The number of aryl methyl sites for hydroxylation is 1. The molecule has 0 saturated heterocycles. The molecule has 0 bridgehead atoms. The maximum atomic E-state index is 13.4. The molecular formula is C26H29ClN2O5. The van der Waals surface area contributed by atoms with Gasteiger partial charge in [0.1, 0.15) is 11.0 Å². The van der Waals surface area contributed by atoms with E-state index in [1.807, 2.05) is 43.3 Å². The molecule has 34 heavy (non-hydrogen) atoms. The van der Waals surface area contributed by atoms with Crippen LogP contribution in [0.2, 0.25) is 0 Å². The molecule has 0 fully saturated rings. The number of rotatable bonds is 10. The first-order valence-electron chi connectivity index (χ1n) is 11.0. The highest BCUT2D eigenvalue weighted by molar-refractivity contribution is 6.30. The Balaban J connectivity index is 1.91. The number of halogens is 1. The van der Waals surface area contributed by atoms with Crippen LogP contribution in [0.1, 0.15) is 23.6 Å². The number of hydrogen-bond donors (Lipinski definition) is 0. The van der Waals surface area contributed by atoms with Crippen LogP contribution in [-0.4, -0.2) is 53.8 Å². The monoisotopic (exact) mass is 484 g/mol. The molecule has 0 radical (unpaired) electrons. The van der Waals surface area contributed by atoms with Crippen molar-refractivity contribution >= 4 is 34.4 Å². The molecule has 0 saturated carbocycles. The van der Waals surface area contributed by atoms with Gasteiger partial charge in [-0.05, 0) is 31.5 Å². The molecule has 180 valence electrons. The van der Waals surface area contributed by atoms with E-state index in [4.69, 9.17) is 20.8 Å². The molecule has 1 atom stereocenters. The van der Waals surface area contributed by atoms with Gasteiger partial charge in [-0.1, -0.05) is 42.0 Å². The average molecular weight is 485 g/mol. The minimum absolute atomic E-state index is 0.0443.